The number of benzene rings is 3. The van der Waals surface area contributed by atoms with Crippen molar-refractivity contribution in [3.05, 3.63) is 251 Å². The van der Waals surface area contributed by atoms with Gasteiger partial charge in [0.15, 0.2) is 0 Å². The molecule has 566 valence electrons. The van der Waals surface area contributed by atoms with E-state index in [4.69, 9.17) is 4.42 Å². The van der Waals surface area contributed by atoms with Crippen LogP contribution in [0.15, 0.2) is 256 Å². The fourth-order valence-corrected chi connectivity index (χ4v) is 5.33. The standard InChI is InChI=1S/C9H9N.C8H6O.C8H6S.C5H5N.2C4H4N2.C4H5N.2C3H3N3.18C2H6/c1-10-7-6-8-4-2-3-5-9(8)10;2*1-2-4-8-7(3-1)5-6-9-8;1-2-4-6-5-3-1;1-2-6-4-3-5-1;1-2-5-4-6-3-1;1-2-4-5-3-1;1-4-2-6-3-5-1;1-2-5-6-3-4-1;18*1-2/h2-7H,1H3;2*1-6H;1-5H;2*1-4H;1-5H;2*1-3H;18*1-2H3. The van der Waals surface area contributed by atoms with Crippen molar-refractivity contribution in [1.29, 1.82) is 0 Å². The number of H-pyrrole nitrogens is 1. The summed E-state index contributed by atoms with van der Waals surface area (Å²) in [6, 6.07) is 42.3. The van der Waals surface area contributed by atoms with Crippen molar-refractivity contribution in [3.63, 3.8) is 0 Å². The largest absolute Gasteiger partial charge is 0.464 e. The number of furan rings is 1. The Labute approximate surface area is 616 Å². The zero-order chi connectivity index (χ0) is 79.9. The van der Waals surface area contributed by atoms with E-state index in [2.05, 4.69) is 144 Å². The van der Waals surface area contributed by atoms with Gasteiger partial charge in [0.25, 0.3) is 0 Å². The molecule has 0 saturated heterocycles. The number of aromatic amines is 1. The van der Waals surface area contributed by atoms with Gasteiger partial charge in [-0.05, 0) is 82.9 Å². The number of nitrogens with one attached hydrogen (secondary N) is 1. The Balaban J connectivity index is -0.0000000586. The second-order valence-corrected chi connectivity index (χ2v) is 12.6. The summed E-state index contributed by atoms with van der Waals surface area (Å²) >= 11 is 1.79. The zero-order valence-corrected chi connectivity index (χ0v) is 71.2. The summed E-state index contributed by atoms with van der Waals surface area (Å²) < 4.78 is 8.61. The van der Waals surface area contributed by atoms with E-state index in [9.17, 15) is 0 Å². The zero-order valence-electron chi connectivity index (χ0n) is 70.4. The van der Waals surface area contributed by atoms with Crippen molar-refractivity contribution < 1.29 is 4.42 Å². The monoisotopic (exact) mass is 1390 g/mol. The molecular formula is C84H153N13OS. The number of hydrogen-bond donors (Lipinski definition) is 1. The van der Waals surface area contributed by atoms with Crippen LogP contribution in [0, 0.1) is 0 Å². The molecule has 0 saturated carbocycles. The molecule has 9 heterocycles. The van der Waals surface area contributed by atoms with E-state index in [-0.39, 0.29) is 0 Å². The summed E-state index contributed by atoms with van der Waals surface area (Å²) in [5.74, 6) is 0. The van der Waals surface area contributed by atoms with E-state index in [1.807, 2.05) is 322 Å². The summed E-state index contributed by atoms with van der Waals surface area (Å²) in [5, 5.41) is 12.8. The molecule has 12 rings (SSSR count). The van der Waals surface area contributed by atoms with Crippen LogP contribution >= 0.6 is 11.3 Å². The lowest BCUT2D eigenvalue weighted by atomic mass is 10.2. The summed E-state index contributed by atoms with van der Waals surface area (Å²) in [7, 11) is 2.06. The van der Waals surface area contributed by atoms with Crippen LogP contribution in [0.4, 0.5) is 0 Å². The molecule has 0 unspecified atom stereocenters. The maximum absolute atomic E-state index is 5.12. The highest BCUT2D eigenvalue weighted by Crippen LogP contribution is 2.19. The predicted octanol–water partition coefficient (Wildman–Crippen LogP) is 28.8. The Morgan fingerprint density at radius 3 is 0.929 bits per heavy atom. The van der Waals surface area contributed by atoms with Gasteiger partial charge in [-0.2, -0.15) is 5.10 Å². The van der Waals surface area contributed by atoms with Gasteiger partial charge >= 0.3 is 0 Å². The molecule has 0 amide bonds. The topological polar surface area (TPSA) is 176 Å². The number of pyridine rings is 1. The number of fused-ring (bicyclic) bond motifs is 3. The Kier molecular flexibility index (Phi) is 197. The number of aryl methyl sites for hydroxylation is 1. The van der Waals surface area contributed by atoms with Gasteiger partial charge in [-0.25, -0.2) is 29.9 Å². The van der Waals surface area contributed by atoms with Crippen molar-refractivity contribution in [2.24, 2.45) is 7.05 Å². The maximum atomic E-state index is 5.12. The van der Waals surface area contributed by atoms with Gasteiger partial charge < -0.3 is 14.0 Å². The molecular weight excluding hydrogens is 1240 g/mol. The Hall–Kier alpha value is -8.69. The van der Waals surface area contributed by atoms with Gasteiger partial charge in [-0.1, -0.05) is 310 Å². The van der Waals surface area contributed by atoms with Crippen molar-refractivity contribution >= 4 is 43.3 Å². The van der Waals surface area contributed by atoms with E-state index in [0.29, 0.717) is 0 Å². The van der Waals surface area contributed by atoms with Crippen LogP contribution in [0.3, 0.4) is 0 Å². The quantitative estimate of drug-likeness (QED) is 0.152. The van der Waals surface area contributed by atoms with E-state index in [1.165, 1.54) is 58.8 Å². The van der Waals surface area contributed by atoms with E-state index in [1.54, 1.807) is 79.4 Å². The molecule has 0 atom stereocenters. The van der Waals surface area contributed by atoms with Crippen molar-refractivity contribution in [2.75, 3.05) is 0 Å². The molecule has 0 spiro atoms. The van der Waals surface area contributed by atoms with Crippen LogP contribution in [0.1, 0.15) is 249 Å². The Bertz CT molecular complexity index is 2310. The number of rotatable bonds is 0. The number of thiophene rings is 1. The molecule has 0 aliphatic rings. The molecule has 9 aromatic heterocycles. The predicted molar refractivity (Wildman–Crippen MR) is 454 cm³/mol. The number of aromatic nitrogens is 13. The minimum Gasteiger partial charge on any atom is -0.464 e. The van der Waals surface area contributed by atoms with Crippen LogP contribution in [0.25, 0.3) is 32.0 Å². The Morgan fingerprint density at radius 2 is 0.646 bits per heavy atom. The Morgan fingerprint density at radius 1 is 0.283 bits per heavy atom. The molecule has 15 heteroatoms. The molecule has 0 aliphatic heterocycles. The van der Waals surface area contributed by atoms with Gasteiger partial charge in [-0.3, -0.25) is 15.0 Å². The maximum Gasteiger partial charge on any atom is 0.138 e. The lowest BCUT2D eigenvalue weighted by Crippen LogP contribution is -1.81. The van der Waals surface area contributed by atoms with Crippen LogP contribution in [-0.4, -0.2) is 64.6 Å². The fraction of sp³-hybridized carbons (Fsp3) is 0.440. The molecule has 0 aliphatic carbocycles. The average Bonchev–Trinajstić information content (AvgIpc) is 1.74. The third-order valence-electron chi connectivity index (χ3n) is 7.34. The highest BCUT2D eigenvalue weighted by molar-refractivity contribution is 7.17. The minimum absolute atomic E-state index is 0.956. The van der Waals surface area contributed by atoms with Gasteiger partial charge in [0, 0.05) is 97.0 Å². The fourth-order valence-electron chi connectivity index (χ4n) is 4.54. The van der Waals surface area contributed by atoms with Crippen LogP contribution in [0.2, 0.25) is 0 Å². The highest BCUT2D eigenvalue weighted by atomic mass is 32.1. The molecule has 12 aromatic rings. The first-order valence-electron chi connectivity index (χ1n) is 37.1. The summed E-state index contributed by atoms with van der Waals surface area (Å²) in [6.07, 6.45) is 31.3. The average molecular weight is 1390 g/mol. The molecule has 14 nitrogen and oxygen atoms in total. The number of nitrogens with zero attached hydrogens (tertiary/aromatic N) is 12. The summed E-state index contributed by atoms with van der Waals surface area (Å²) in [5.41, 5.74) is 2.25. The van der Waals surface area contributed by atoms with Crippen molar-refractivity contribution in [3.8, 4) is 0 Å². The van der Waals surface area contributed by atoms with Crippen molar-refractivity contribution in [1.82, 2.24) is 64.6 Å². The summed E-state index contributed by atoms with van der Waals surface area (Å²) in [6.45, 7) is 72.0. The smallest absolute Gasteiger partial charge is 0.138 e. The normalized spacial score (nSPS) is 6.84. The first-order valence-corrected chi connectivity index (χ1v) is 38.0. The molecule has 0 bridgehead atoms. The lowest BCUT2D eigenvalue weighted by molar-refractivity contribution is 0.616. The van der Waals surface area contributed by atoms with E-state index < -0.39 is 0 Å². The van der Waals surface area contributed by atoms with E-state index in [0.717, 1.165) is 11.0 Å². The molecule has 3 aromatic carbocycles. The SMILES string of the molecule is CC.CC.CC.CC.CC.CC.CC.CC.CC.CC.CC.CC.CC.CC.CC.CC.CC.CC.Cn1ccc2ccccc21.c1cc[nH]c1.c1ccc2occc2c1.c1ccc2sccc2c1.c1ccncc1.c1cnccn1.c1cncnc1.c1cnncn1.c1ncncn1. The van der Waals surface area contributed by atoms with Crippen LogP contribution in [0.5, 0.6) is 0 Å². The third kappa shape index (κ3) is 106. The molecule has 99 heavy (non-hydrogen) atoms. The highest BCUT2D eigenvalue weighted by Gasteiger charge is 1.93. The lowest BCUT2D eigenvalue weighted by Gasteiger charge is -1.92. The molecule has 1 N–H and O–H groups in total. The van der Waals surface area contributed by atoms with Gasteiger partial charge in [0.1, 0.15) is 37.2 Å². The van der Waals surface area contributed by atoms with Gasteiger partial charge in [-0.15, -0.1) is 16.4 Å². The number of hydrogen-bond acceptors (Lipinski definition) is 13. The van der Waals surface area contributed by atoms with Crippen LogP contribution < -0.4 is 0 Å². The minimum atomic E-state index is 0.956. The third-order valence-corrected chi connectivity index (χ3v) is 8.24. The van der Waals surface area contributed by atoms with E-state index >= 15 is 0 Å². The van der Waals surface area contributed by atoms with Crippen molar-refractivity contribution in [2.45, 2.75) is 249 Å². The molecule has 0 fully saturated rings. The second-order valence-electron chi connectivity index (χ2n) is 11.7. The summed E-state index contributed by atoms with van der Waals surface area (Å²) in [4.78, 5) is 35.7. The molecule has 0 radical (unpaired) electrons. The number of para-hydroxylation sites is 2. The van der Waals surface area contributed by atoms with Gasteiger partial charge in [0.2, 0.25) is 0 Å². The van der Waals surface area contributed by atoms with Gasteiger partial charge in [0.05, 0.1) is 12.5 Å². The first-order chi connectivity index (χ1) is 49.3. The second kappa shape index (κ2) is 154. The van der Waals surface area contributed by atoms with Crippen LogP contribution in [-0.2, 0) is 7.05 Å². The first kappa shape index (κ1) is 127.